The minimum atomic E-state index is 0.588. The summed E-state index contributed by atoms with van der Waals surface area (Å²) >= 11 is 0. The van der Waals surface area contributed by atoms with E-state index in [9.17, 15) is 0 Å². The Morgan fingerprint density at radius 1 is 1.19 bits per heavy atom. The summed E-state index contributed by atoms with van der Waals surface area (Å²) in [6.45, 7) is 6.22. The fourth-order valence-corrected chi connectivity index (χ4v) is 2.91. The number of hydrogen-bond acceptors (Lipinski definition) is 4. The van der Waals surface area contributed by atoms with E-state index in [1.807, 2.05) is 18.5 Å². The fourth-order valence-electron chi connectivity index (χ4n) is 2.91. The van der Waals surface area contributed by atoms with Crippen LogP contribution in [0.15, 0.2) is 36.8 Å². The van der Waals surface area contributed by atoms with Crippen LogP contribution >= 0.6 is 0 Å². The maximum Gasteiger partial charge on any atom is 0.225 e. The maximum absolute atomic E-state index is 4.33. The lowest BCUT2D eigenvalue weighted by Crippen LogP contribution is -2.43. The van der Waals surface area contributed by atoms with Crippen LogP contribution in [0.3, 0.4) is 0 Å². The van der Waals surface area contributed by atoms with E-state index in [1.54, 1.807) is 0 Å². The van der Waals surface area contributed by atoms with E-state index in [4.69, 9.17) is 0 Å². The van der Waals surface area contributed by atoms with Gasteiger partial charge in [0.25, 0.3) is 0 Å². The molecule has 0 spiro atoms. The molecule has 0 saturated carbocycles. The standard InChI is InChI=1S/C16H23N5/c1-2-20-10-3-5-15(20)13-19-14-6-11-21(12-7-14)16-17-8-4-9-18-16/h3-5,8-10,14,19H,2,6-7,11-13H2,1H3. The Morgan fingerprint density at radius 2 is 1.95 bits per heavy atom. The van der Waals surface area contributed by atoms with E-state index in [0.717, 1.165) is 45.0 Å². The second-order valence-corrected chi connectivity index (χ2v) is 5.48. The average molecular weight is 285 g/mol. The molecule has 0 amide bonds. The smallest absolute Gasteiger partial charge is 0.225 e. The highest BCUT2D eigenvalue weighted by molar-refractivity contribution is 5.29. The molecule has 1 saturated heterocycles. The van der Waals surface area contributed by atoms with Gasteiger partial charge in [0.2, 0.25) is 5.95 Å². The van der Waals surface area contributed by atoms with Gasteiger partial charge in [0.1, 0.15) is 0 Å². The van der Waals surface area contributed by atoms with Crippen molar-refractivity contribution in [1.82, 2.24) is 19.9 Å². The number of nitrogens with zero attached hydrogens (tertiary/aromatic N) is 4. The fraction of sp³-hybridized carbons (Fsp3) is 0.500. The quantitative estimate of drug-likeness (QED) is 0.913. The molecule has 1 fully saturated rings. The Kier molecular flexibility index (Phi) is 4.50. The van der Waals surface area contributed by atoms with Gasteiger partial charge in [-0.2, -0.15) is 0 Å². The molecule has 112 valence electrons. The molecule has 0 aromatic carbocycles. The largest absolute Gasteiger partial charge is 0.351 e. The van der Waals surface area contributed by atoms with Gasteiger partial charge in [-0.25, -0.2) is 9.97 Å². The van der Waals surface area contributed by atoms with Crippen molar-refractivity contribution in [3.8, 4) is 0 Å². The van der Waals surface area contributed by atoms with Crippen LogP contribution in [0.1, 0.15) is 25.5 Å². The van der Waals surface area contributed by atoms with Crippen LogP contribution in [0.5, 0.6) is 0 Å². The number of rotatable bonds is 5. The number of aromatic nitrogens is 3. The molecular formula is C16H23N5. The van der Waals surface area contributed by atoms with Crippen LogP contribution in [0.25, 0.3) is 0 Å². The molecule has 5 heteroatoms. The van der Waals surface area contributed by atoms with Crippen LogP contribution in [0.2, 0.25) is 0 Å². The summed E-state index contributed by atoms with van der Waals surface area (Å²) in [4.78, 5) is 10.9. The van der Waals surface area contributed by atoms with Gasteiger partial charge < -0.3 is 14.8 Å². The van der Waals surface area contributed by atoms with Crippen LogP contribution in [-0.4, -0.2) is 33.7 Å². The monoisotopic (exact) mass is 285 g/mol. The zero-order valence-corrected chi connectivity index (χ0v) is 12.6. The van der Waals surface area contributed by atoms with Gasteiger partial charge >= 0.3 is 0 Å². The SMILES string of the molecule is CCn1cccc1CNC1CCN(c2ncccn2)CC1. The first kappa shape index (κ1) is 14.1. The lowest BCUT2D eigenvalue weighted by Gasteiger charge is -2.32. The van der Waals surface area contributed by atoms with Gasteiger partial charge in [-0.15, -0.1) is 0 Å². The molecule has 0 atom stereocenters. The number of aryl methyl sites for hydroxylation is 1. The second-order valence-electron chi connectivity index (χ2n) is 5.48. The predicted molar refractivity (Wildman–Crippen MR) is 84.2 cm³/mol. The minimum absolute atomic E-state index is 0.588. The summed E-state index contributed by atoms with van der Waals surface area (Å²) < 4.78 is 2.29. The third-order valence-electron chi connectivity index (χ3n) is 4.17. The Bertz CT molecular complexity index is 543. The van der Waals surface area contributed by atoms with Crippen LogP contribution in [-0.2, 0) is 13.1 Å². The summed E-state index contributed by atoms with van der Waals surface area (Å²) in [6.07, 6.45) is 8.06. The van der Waals surface area contributed by atoms with Crippen molar-refractivity contribution in [3.63, 3.8) is 0 Å². The zero-order chi connectivity index (χ0) is 14.5. The van der Waals surface area contributed by atoms with Crippen LogP contribution < -0.4 is 10.2 Å². The van der Waals surface area contributed by atoms with Crippen molar-refractivity contribution in [1.29, 1.82) is 0 Å². The van der Waals surface area contributed by atoms with Gasteiger partial charge in [-0.05, 0) is 38.0 Å². The van der Waals surface area contributed by atoms with Gasteiger partial charge in [0, 0.05) is 56.5 Å². The van der Waals surface area contributed by atoms with Gasteiger partial charge in [0.05, 0.1) is 0 Å². The van der Waals surface area contributed by atoms with E-state index >= 15 is 0 Å². The second kappa shape index (κ2) is 6.72. The van der Waals surface area contributed by atoms with Gasteiger partial charge in [0.15, 0.2) is 0 Å². The highest BCUT2D eigenvalue weighted by Gasteiger charge is 2.20. The molecule has 0 radical (unpaired) electrons. The van der Waals surface area contributed by atoms with Crippen molar-refractivity contribution < 1.29 is 0 Å². The summed E-state index contributed by atoms with van der Waals surface area (Å²) in [5.74, 6) is 0.857. The van der Waals surface area contributed by atoms with Crippen molar-refractivity contribution >= 4 is 5.95 Å². The van der Waals surface area contributed by atoms with E-state index in [1.165, 1.54) is 5.69 Å². The molecule has 1 aliphatic heterocycles. The molecule has 3 heterocycles. The Labute approximate surface area is 126 Å². The summed E-state index contributed by atoms with van der Waals surface area (Å²) in [5.41, 5.74) is 1.37. The third-order valence-corrected chi connectivity index (χ3v) is 4.17. The number of hydrogen-bond donors (Lipinski definition) is 1. The molecule has 2 aromatic heterocycles. The van der Waals surface area contributed by atoms with Crippen LogP contribution in [0.4, 0.5) is 5.95 Å². The van der Waals surface area contributed by atoms with E-state index in [0.29, 0.717) is 6.04 Å². The molecule has 21 heavy (non-hydrogen) atoms. The van der Waals surface area contributed by atoms with Crippen LogP contribution in [0, 0.1) is 0 Å². The van der Waals surface area contributed by atoms with Gasteiger partial charge in [-0.3, -0.25) is 0 Å². The summed E-state index contributed by atoms with van der Waals surface area (Å²) in [6, 6.07) is 6.77. The first-order valence-electron chi connectivity index (χ1n) is 7.76. The molecule has 0 bridgehead atoms. The van der Waals surface area contributed by atoms with Crippen molar-refractivity contribution in [2.75, 3.05) is 18.0 Å². The molecule has 3 rings (SSSR count). The van der Waals surface area contributed by atoms with Gasteiger partial charge in [-0.1, -0.05) is 0 Å². The van der Waals surface area contributed by atoms with Crippen molar-refractivity contribution in [2.24, 2.45) is 0 Å². The number of nitrogens with one attached hydrogen (secondary N) is 1. The molecular weight excluding hydrogens is 262 g/mol. The Balaban J connectivity index is 1.48. The summed E-state index contributed by atoms with van der Waals surface area (Å²) in [5, 5.41) is 3.68. The van der Waals surface area contributed by atoms with Crippen molar-refractivity contribution in [3.05, 3.63) is 42.5 Å². The molecule has 5 nitrogen and oxygen atoms in total. The molecule has 1 aliphatic rings. The van der Waals surface area contributed by atoms with E-state index in [2.05, 4.69) is 50.0 Å². The Morgan fingerprint density at radius 3 is 2.67 bits per heavy atom. The zero-order valence-electron chi connectivity index (χ0n) is 12.6. The van der Waals surface area contributed by atoms with E-state index < -0.39 is 0 Å². The summed E-state index contributed by atoms with van der Waals surface area (Å²) in [7, 11) is 0. The molecule has 0 aliphatic carbocycles. The third kappa shape index (κ3) is 3.42. The normalized spacial score (nSPS) is 16.3. The molecule has 2 aromatic rings. The maximum atomic E-state index is 4.33. The van der Waals surface area contributed by atoms with Crippen molar-refractivity contribution in [2.45, 2.75) is 38.9 Å². The lowest BCUT2D eigenvalue weighted by atomic mass is 10.1. The number of anilines is 1. The topological polar surface area (TPSA) is 46.0 Å². The minimum Gasteiger partial charge on any atom is -0.351 e. The first-order valence-corrected chi connectivity index (χ1v) is 7.76. The van der Waals surface area contributed by atoms with E-state index in [-0.39, 0.29) is 0 Å². The highest BCUT2D eigenvalue weighted by atomic mass is 15.3. The first-order chi connectivity index (χ1) is 10.4. The Hall–Kier alpha value is -1.88. The molecule has 1 N–H and O–H groups in total. The predicted octanol–water partition coefficient (Wildman–Crippen LogP) is 2.06. The average Bonchev–Trinajstić information content (AvgIpc) is 3.02. The lowest BCUT2D eigenvalue weighted by molar-refractivity contribution is 0.406. The highest BCUT2D eigenvalue weighted by Crippen LogP contribution is 2.15. The molecule has 0 unspecified atom stereocenters. The number of piperidine rings is 1.